The lowest BCUT2D eigenvalue weighted by molar-refractivity contribution is 0.566. The summed E-state index contributed by atoms with van der Waals surface area (Å²) in [6, 6.07) is 13.3. The number of anilines is 1. The van der Waals surface area contributed by atoms with Gasteiger partial charge in [-0.3, -0.25) is 4.79 Å². The van der Waals surface area contributed by atoms with Gasteiger partial charge in [-0.25, -0.2) is 4.68 Å². The number of halogens is 1. The molecular weight excluding hydrogens is 288 g/mol. The smallest absolute Gasteiger partial charge is 0.267 e. The van der Waals surface area contributed by atoms with Crippen molar-refractivity contribution >= 4 is 18.2 Å². The highest BCUT2D eigenvalue weighted by Gasteiger charge is 2.12. The first-order valence-corrected chi connectivity index (χ1v) is 6.91. The number of piperazine rings is 1. The van der Waals surface area contributed by atoms with Crippen LogP contribution in [-0.2, 0) is 6.54 Å². The van der Waals surface area contributed by atoms with Crippen molar-refractivity contribution in [3.8, 4) is 0 Å². The number of hydrogen-bond acceptors (Lipinski definition) is 4. The summed E-state index contributed by atoms with van der Waals surface area (Å²) in [5, 5.41) is 7.81. The molecule has 112 valence electrons. The first-order chi connectivity index (χ1) is 9.83. The maximum Gasteiger partial charge on any atom is 0.267 e. The van der Waals surface area contributed by atoms with Gasteiger partial charge < -0.3 is 10.2 Å². The van der Waals surface area contributed by atoms with Gasteiger partial charge in [-0.15, -0.1) is 12.4 Å². The highest BCUT2D eigenvalue weighted by molar-refractivity contribution is 5.85. The Hall–Kier alpha value is -1.85. The van der Waals surface area contributed by atoms with Gasteiger partial charge in [0.2, 0.25) is 0 Å². The van der Waals surface area contributed by atoms with Crippen molar-refractivity contribution in [1.82, 2.24) is 15.1 Å². The fraction of sp³-hybridized carbons (Fsp3) is 0.333. The predicted octanol–water partition coefficient (Wildman–Crippen LogP) is 1.12. The zero-order valence-corrected chi connectivity index (χ0v) is 12.6. The Morgan fingerprint density at radius 3 is 2.48 bits per heavy atom. The molecule has 0 unspecified atom stereocenters. The van der Waals surface area contributed by atoms with Crippen LogP contribution in [0.15, 0.2) is 47.3 Å². The molecule has 0 bridgehead atoms. The van der Waals surface area contributed by atoms with Crippen LogP contribution in [0.3, 0.4) is 0 Å². The summed E-state index contributed by atoms with van der Waals surface area (Å²) in [6.07, 6.45) is 0. The Morgan fingerprint density at radius 1 is 1.05 bits per heavy atom. The molecule has 5 nitrogen and oxygen atoms in total. The van der Waals surface area contributed by atoms with Crippen LogP contribution >= 0.6 is 12.4 Å². The van der Waals surface area contributed by atoms with E-state index in [1.807, 2.05) is 36.4 Å². The van der Waals surface area contributed by atoms with Crippen molar-refractivity contribution in [1.29, 1.82) is 0 Å². The molecule has 0 amide bonds. The lowest BCUT2D eigenvalue weighted by atomic mass is 10.2. The second kappa shape index (κ2) is 7.24. The first kappa shape index (κ1) is 15.5. The van der Waals surface area contributed by atoms with Crippen LogP contribution in [0.4, 0.5) is 5.82 Å². The van der Waals surface area contributed by atoms with E-state index in [1.54, 1.807) is 6.07 Å². The normalized spacial score (nSPS) is 14.6. The molecular formula is C15H19ClN4O. The number of nitrogens with one attached hydrogen (secondary N) is 1. The fourth-order valence-electron chi connectivity index (χ4n) is 2.37. The molecule has 1 aromatic heterocycles. The van der Waals surface area contributed by atoms with Crippen LogP contribution in [0, 0.1) is 0 Å². The van der Waals surface area contributed by atoms with Crippen molar-refractivity contribution in [2.24, 2.45) is 0 Å². The summed E-state index contributed by atoms with van der Waals surface area (Å²) >= 11 is 0. The third-order valence-electron chi connectivity index (χ3n) is 3.47. The Labute approximate surface area is 130 Å². The molecule has 1 fully saturated rings. The SMILES string of the molecule is Cl.O=c1ccc(N2CCNCC2)nn1Cc1ccccc1. The molecule has 2 heterocycles. The maximum atomic E-state index is 11.9. The minimum absolute atomic E-state index is 0. The lowest BCUT2D eigenvalue weighted by Crippen LogP contribution is -2.44. The molecule has 0 saturated carbocycles. The van der Waals surface area contributed by atoms with Gasteiger partial charge >= 0.3 is 0 Å². The number of hydrogen-bond donors (Lipinski definition) is 1. The molecule has 1 N–H and O–H groups in total. The number of benzene rings is 1. The van der Waals surface area contributed by atoms with Gasteiger partial charge in [-0.1, -0.05) is 30.3 Å². The highest BCUT2D eigenvalue weighted by atomic mass is 35.5. The van der Waals surface area contributed by atoms with Crippen LogP contribution < -0.4 is 15.8 Å². The van der Waals surface area contributed by atoms with Gasteiger partial charge in [0.05, 0.1) is 6.54 Å². The Balaban J connectivity index is 0.00000161. The molecule has 1 aliphatic heterocycles. The van der Waals surface area contributed by atoms with Crippen molar-refractivity contribution in [2.45, 2.75) is 6.54 Å². The fourth-order valence-corrected chi connectivity index (χ4v) is 2.37. The van der Waals surface area contributed by atoms with E-state index in [0.29, 0.717) is 6.54 Å². The molecule has 1 aromatic carbocycles. The zero-order valence-electron chi connectivity index (χ0n) is 11.7. The molecule has 3 rings (SSSR count). The summed E-state index contributed by atoms with van der Waals surface area (Å²) in [5.41, 5.74) is 1.02. The minimum Gasteiger partial charge on any atom is -0.353 e. The number of aromatic nitrogens is 2. The topological polar surface area (TPSA) is 50.2 Å². The summed E-state index contributed by atoms with van der Waals surface area (Å²) < 4.78 is 1.53. The van der Waals surface area contributed by atoms with Gasteiger partial charge in [0.1, 0.15) is 5.82 Å². The summed E-state index contributed by atoms with van der Waals surface area (Å²) in [4.78, 5) is 14.1. The molecule has 1 aliphatic rings. The van der Waals surface area contributed by atoms with E-state index < -0.39 is 0 Å². The van der Waals surface area contributed by atoms with Gasteiger partial charge in [0, 0.05) is 32.2 Å². The quantitative estimate of drug-likeness (QED) is 0.923. The average Bonchev–Trinajstić information content (AvgIpc) is 2.51. The average molecular weight is 307 g/mol. The van der Waals surface area contributed by atoms with Crippen LogP contribution in [0.1, 0.15) is 5.56 Å². The van der Waals surface area contributed by atoms with E-state index in [-0.39, 0.29) is 18.0 Å². The molecule has 0 aliphatic carbocycles. The Morgan fingerprint density at radius 2 is 1.76 bits per heavy atom. The monoisotopic (exact) mass is 306 g/mol. The van der Waals surface area contributed by atoms with Crippen molar-refractivity contribution in [3.63, 3.8) is 0 Å². The van der Waals surface area contributed by atoms with Gasteiger partial charge in [-0.2, -0.15) is 5.10 Å². The molecule has 21 heavy (non-hydrogen) atoms. The van der Waals surface area contributed by atoms with E-state index in [1.165, 1.54) is 4.68 Å². The zero-order chi connectivity index (χ0) is 13.8. The molecule has 0 spiro atoms. The van der Waals surface area contributed by atoms with Gasteiger partial charge in [0.25, 0.3) is 5.56 Å². The van der Waals surface area contributed by atoms with Gasteiger partial charge in [0.15, 0.2) is 0 Å². The molecule has 2 aromatic rings. The van der Waals surface area contributed by atoms with E-state index in [0.717, 1.165) is 37.6 Å². The van der Waals surface area contributed by atoms with Crippen molar-refractivity contribution in [2.75, 3.05) is 31.1 Å². The van der Waals surface area contributed by atoms with Crippen molar-refractivity contribution < 1.29 is 0 Å². The lowest BCUT2D eigenvalue weighted by Gasteiger charge is -2.28. The second-order valence-corrected chi connectivity index (χ2v) is 4.91. The van der Waals surface area contributed by atoms with E-state index >= 15 is 0 Å². The second-order valence-electron chi connectivity index (χ2n) is 4.91. The molecule has 1 saturated heterocycles. The Bertz CT molecular complexity index is 623. The maximum absolute atomic E-state index is 11.9. The summed E-state index contributed by atoms with van der Waals surface area (Å²) in [6.45, 7) is 4.28. The van der Waals surface area contributed by atoms with Crippen LogP contribution in [0.5, 0.6) is 0 Å². The highest BCUT2D eigenvalue weighted by Crippen LogP contribution is 2.09. The number of nitrogens with zero attached hydrogens (tertiary/aromatic N) is 3. The van der Waals surface area contributed by atoms with Crippen LogP contribution in [0.2, 0.25) is 0 Å². The van der Waals surface area contributed by atoms with Crippen LogP contribution in [0.25, 0.3) is 0 Å². The molecule has 6 heteroatoms. The summed E-state index contributed by atoms with van der Waals surface area (Å²) in [5.74, 6) is 0.877. The summed E-state index contributed by atoms with van der Waals surface area (Å²) in [7, 11) is 0. The van der Waals surface area contributed by atoms with E-state index in [2.05, 4.69) is 15.3 Å². The van der Waals surface area contributed by atoms with Crippen LogP contribution in [-0.4, -0.2) is 36.0 Å². The third-order valence-corrected chi connectivity index (χ3v) is 3.47. The predicted molar refractivity (Wildman–Crippen MR) is 86.4 cm³/mol. The first-order valence-electron chi connectivity index (χ1n) is 6.91. The molecule has 0 atom stereocenters. The van der Waals surface area contributed by atoms with E-state index in [9.17, 15) is 4.79 Å². The van der Waals surface area contributed by atoms with Gasteiger partial charge in [-0.05, 0) is 11.6 Å². The van der Waals surface area contributed by atoms with E-state index in [4.69, 9.17) is 0 Å². The standard InChI is InChI=1S/C15H18N4O.ClH/c20-15-7-6-14(18-10-8-16-9-11-18)17-19(15)12-13-4-2-1-3-5-13;/h1-7,16H,8-12H2;1H. The third kappa shape index (κ3) is 3.83. The Kier molecular flexibility index (Phi) is 5.36. The largest absolute Gasteiger partial charge is 0.353 e. The molecule has 0 radical (unpaired) electrons. The minimum atomic E-state index is -0.0623. The van der Waals surface area contributed by atoms with Crippen molar-refractivity contribution in [3.05, 3.63) is 58.4 Å². The number of rotatable bonds is 3.